The highest BCUT2D eigenvalue weighted by Gasteiger charge is 2.40. The van der Waals surface area contributed by atoms with Gasteiger partial charge in [0.25, 0.3) is 0 Å². The molecule has 2 aromatic heterocycles. The van der Waals surface area contributed by atoms with Crippen molar-refractivity contribution in [3.05, 3.63) is 30.7 Å². The summed E-state index contributed by atoms with van der Waals surface area (Å²) in [6.45, 7) is 9.23. The number of fused-ring (bicyclic) bond motifs is 2. The SMILES string of the molecule is C=CC(=O)CN1CCC2CCN(c3ncnc4[nH]cc(CCC)c34)C2C1. The summed E-state index contributed by atoms with van der Waals surface area (Å²) in [5.74, 6) is 1.85. The lowest BCUT2D eigenvalue weighted by atomic mass is 9.92. The molecule has 0 spiro atoms. The molecule has 0 amide bonds. The number of ketones is 1. The fraction of sp³-hybridized carbons (Fsp3) is 0.550. The second-order valence-electron chi connectivity index (χ2n) is 7.49. The summed E-state index contributed by atoms with van der Waals surface area (Å²) in [6.07, 6.45) is 9.66. The lowest BCUT2D eigenvalue weighted by Gasteiger charge is -2.38. The average Bonchev–Trinajstić information content (AvgIpc) is 3.26. The van der Waals surface area contributed by atoms with Crippen LogP contribution in [0.25, 0.3) is 11.0 Å². The molecule has 2 aromatic rings. The van der Waals surface area contributed by atoms with Gasteiger partial charge in [-0.05, 0) is 43.4 Å². The first-order chi connectivity index (χ1) is 12.7. The summed E-state index contributed by atoms with van der Waals surface area (Å²) in [6, 6.07) is 0.420. The van der Waals surface area contributed by atoms with Crippen molar-refractivity contribution in [2.75, 3.05) is 31.1 Å². The minimum atomic E-state index is 0.105. The normalized spacial score (nSPS) is 23.3. The summed E-state index contributed by atoms with van der Waals surface area (Å²) in [4.78, 5) is 28.9. The average molecular weight is 353 g/mol. The van der Waals surface area contributed by atoms with E-state index in [9.17, 15) is 4.79 Å². The highest BCUT2D eigenvalue weighted by atomic mass is 16.1. The summed E-state index contributed by atoms with van der Waals surface area (Å²) in [5.41, 5.74) is 2.23. The zero-order valence-electron chi connectivity index (χ0n) is 15.4. The maximum atomic E-state index is 11.8. The molecule has 2 aliphatic heterocycles. The van der Waals surface area contributed by atoms with Crippen molar-refractivity contribution >= 4 is 22.6 Å². The number of nitrogens with zero attached hydrogens (tertiary/aromatic N) is 4. The number of aromatic amines is 1. The number of aromatic nitrogens is 3. The number of aryl methyl sites for hydroxylation is 1. The molecule has 0 aromatic carbocycles. The highest BCUT2D eigenvalue weighted by Crippen LogP contribution is 2.37. The maximum absolute atomic E-state index is 11.8. The van der Waals surface area contributed by atoms with Crippen molar-refractivity contribution in [1.29, 1.82) is 0 Å². The molecule has 2 saturated heterocycles. The Hall–Kier alpha value is -2.21. The molecule has 2 aliphatic rings. The standard InChI is InChI=1S/C20H27N5O/c1-3-5-15-10-21-19-18(15)20(23-13-22-19)25-9-7-14-6-8-24(12-17(14)25)11-16(26)4-2/h4,10,13-14,17H,2-3,5-9,11-12H2,1H3,(H,21,22,23). The molecule has 2 fully saturated rings. The second kappa shape index (κ2) is 7.19. The van der Waals surface area contributed by atoms with E-state index in [1.54, 1.807) is 6.33 Å². The van der Waals surface area contributed by atoms with Gasteiger partial charge in [0, 0.05) is 25.3 Å². The monoisotopic (exact) mass is 353 g/mol. The number of H-pyrrole nitrogens is 1. The number of hydrogen-bond donors (Lipinski definition) is 1. The Morgan fingerprint density at radius 3 is 3.04 bits per heavy atom. The fourth-order valence-corrected chi connectivity index (χ4v) is 4.59. The van der Waals surface area contributed by atoms with Gasteiger partial charge in [-0.2, -0.15) is 0 Å². The van der Waals surface area contributed by atoms with Crippen molar-refractivity contribution in [3.63, 3.8) is 0 Å². The number of carbonyl (C=O) groups excluding carboxylic acids is 1. The van der Waals surface area contributed by atoms with E-state index in [-0.39, 0.29) is 5.78 Å². The van der Waals surface area contributed by atoms with E-state index in [4.69, 9.17) is 4.98 Å². The maximum Gasteiger partial charge on any atom is 0.169 e. The Bertz CT molecular complexity index is 814. The van der Waals surface area contributed by atoms with Crippen LogP contribution >= 0.6 is 0 Å². The van der Waals surface area contributed by atoms with Crippen LogP contribution in [0.2, 0.25) is 0 Å². The van der Waals surface area contributed by atoms with Crippen molar-refractivity contribution in [2.24, 2.45) is 5.92 Å². The summed E-state index contributed by atoms with van der Waals surface area (Å²) >= 11 is 0. The van der Waals surface area contributed by atoms with Gasteiger partial charge < -0.3 is 9.88 Å². The first kappa shape index (κ1) is 17.2. The molecular formula is C20H27N5O. The van der Waals surface area contributed by atoms with Gasteiger partial charge in [0.1, 0.15) is 17.8 Å². The summed E-state index contributed by atoms with van der Waals surface area (Å²) < 4.78 is 0. The molecule has 6 heteroatoms. The van der Waals surface area contributed by atoms with E-state index in [0.717, 1.165) is 50.4 Å². The first-order valence-corrected chi connectivity index (χ1v) is 9.66. The predicted molar refractivity (Wildman–Crippen MR) is 103 cm³/mol. The number of nitrogens with one attached hydrogen (secondary N) is 1. The third kappa shape index (κ3) is 3.03. The first-order valence-electron chi connectivity index (χ1n) is 9.66. The summed E-state index contributed by atoms with van der Waals surface area (Å²) in [5, 5.41) is 1.18. The lowest BCUT2D eigenvalue weighted by Crippen LogP contribution is -2.49. The minimum Gasteiger partial charge on any atom is -0.351 e. The number of rotatable bonds is 6. The molecular weight excluding hydrogens is 326 g/mol. The smallest absolute Gasteiger partial charge is 0.169 e. The number of hydrogen-bond acceptors (Lipinski definition) is 5. The molecule has 26 heavy (non-hydrogen) atoms. The predicted octanol–water partition coefficient (Wildman–Crippen LogP) is 2.57. The van der Waals surface area contributed by atoms with Gasteiger partial charge in [-0.15, -0.1) is 0 Å². The number of likely N-dealkylation sites (tertiary alicyclic amines) is 1. The third-order valence-electron chi connectivity index (χ3n) is 5.88. The number of carbonyl (C=O) groups is 1. The van der Waals surface area contributed by atoms with Crippen LogP contribution in [0.5, 0.6) is 0 Å². The number of anilines is 1. The van der Waals surface area contributed by atoms with Crippen molar-refractivity contribution in [2.45, 2.75) is 38.6 Å². The van der Waals surface area contributed by atoms with E-state index in [1.165, 1.54) is 23.4 Å². The Morgan fingerprint density at radius 2 is 2.23 bits per heavy atom. The van der Waals surface area contributed by atoms with Crippen LogP contribution in [-0.2, 0) is 11.2 Å². The highest BCUT2D eigenvalue weighted by molar-refractivity contribution is 5.91. The van der Waals surface area contributed by atoms with Gasteiger partial charge in [0.05, 0.1) is 11.9 Å². The second-order valence-corrected chi connectivity index (χ2v) is 7.49. The molecule has 2 atom stereocenters. The van der Waals surface area contributed by atoms with Crippen molar-refractivity contribution in [1.82, 2.24) is 19.9 Å². The number of piperidine rings is 1. The van der Waals surface area contributed by atoms with Gasteiger partial charge in [-0.25, -0.2) is 9.97 Å². The van der Waals surface area contributed by atoms with Gasteiger partial charge in [0.15, 0.2) is 5.78 Å². The largest absolute Gasteiger partial charge is 0.351 e. The van der Waals surface area contributed by atoms with Gasteiger partial charge in [-0.1, -0.05) is 19.9 Å². The van der Waals surface area contributed by atoms with Crippen LogP contribution in [0.15, 0.2) is 25.2 Å². The fourth-order valence-electron chi connectivity index (χ4n) is 4.59. The van der Waals surface area contributed by atoms with Crippen LogP contribution in [0.1, 0.15) is 31.7 Å². The Kier molecular flexibility index (Phi) is 4.76. The molecule has 4 rings (SSSR count). The Labute approximate surface area is 154 Å². The quantitative estimate of drug-likeness (QED) is 0.809. The molecule has 0 saturated carbocycles. The molecule has 0 radical (unpaired) electrons. The van der Waals surface area contributed by atoms with E-state index >= 15 is 0 Å². The molecule has 2 unspecified atom stereocenters. The van der Waals surface area contributed by atoms with E-state index in [0.29, 0.717) is 18.5 Å². The minimum absolute atomic E-state index is 0.105. The zero-order valence-corrected chi connectivity index (χ0v) is 15.4. The van der Waals surface area contributed by atoms with E-state index in [1.807, 2.05) is 0 Å². The van der Waals surface area contributed by atoms with E-state index < -0.39 is 0 Å². The van der Waals surface area contributed by atoms with Crippen LogP contribution in [0, 0.1) is 5.92 Å². The molecule has 4 heterocycles. The van der Waals surface area contributed by atoms with Gasteiger partial charge in [0.2, 0.25) is 0 Å². The summed E-state index contributed by atoms with van der Waals surface area (Å²) in [7, 11) is 0. The van der Waals surface area contributed by atoms with Crippen molar-refractivity contribution < 1.29 is 4.79 Å². The van der Waals surface area contributed by atoms with Crippen molar-refractivity contribution in [3.8, 4) is 0 Å². The van der Waals surface area contributed by atoms with Crippen LogP contribution in [0.4, 0.5) is 5.82 Å². The van der Waals surface area contributed by atoms with Crippen LogP contribution in [-0.4, -0.2) is 57.9 Å². The molecule has 6 nitrogen and oxygen atoms in total. The zero-order chi connectivity index (χ0) is 18.1. The Morgan fingerprint density at radius 1 is 1.38 bits per heavy atom. The van der Waals surface area contributed by atoms with Gasteiger partial charge >= 0.3 is 0 Å². The van der Waals surface area contributed by atoms with Gasteiger partial charge in [-0.3, -0.25) is 9.69 Å². The molecule has 1 N–H and O–H groups in total. The molecule has 138 valence electrons. The molecule has 0 aliphatic carbocycles. The van der Waals surface area contributed by atoms with Crippen LogP contribution in [0.3, 0.4) is 0 Å². The topological polar surface area (TPSA) is 65.1 Å². The van der Waals surface area contributed by atoms with Crippen LogP contribution < -0.4 is 4.90 Å². The Balaban J connectivity index is 1.63. The van der Waals surface area contributed by atoms with E-state index in [2.05, 4.69) is 39.5 Å². The molecule has 0 bridgehead atoms. The lowest BCUT2D eigenvalue weighted by molar-refractivity contribution is -0.116. The third-order valence-corrected chi connectivity index (χ3v) is 5.88.